The van der Waals surface area contributed by atoms with Crippen molar-refractivity contribution >= 4 is 5.78 Å². The molecule has 6 unspecified atom stereocenters. The molecule has 2 aliphatic carbocycles. The first-order valence-corrected chi connectivity index (χ1v) is 7.48. The summed E-state index contributed by atoms with van der Waals surface area (Å²) in [6, 6.07) is 2.48. The first-order chi connectivity index (χ1) is 11.0. The minimum absolute atomic E-state index is 0.0602. The number of fused-ring (bicyclic) bond motifs is 2. The number of benzene rings is 1. The van der Waals surface area contributed by atoms with Crippen molar-refractivity contribution in [3.8, 4) is 11.5 Å². The predicted octanol–water partition coefficient (Wildman–Crippen LogP) is -1.15. The zero-order valence-corrected chi connectivity index (χ0v) is 13.2. The topological polar surface area (TPSA) is 148 Å². The van der Waals surface area contributed by atoms with Gasteiger partial charge < -0.3 is 35.4 Å². The third-order valence-electron chi connectivity index (χ3n) is 5.14. The van der Waals surface area contributed by atoms with E-state index >= 15 is 0 Å². The normalized spacial score (nSPS) is 41.5. The molecule has 0 bridgehead atoms. The second-order valence-electron chi connectivity index (χ2n) is 6.82. The number of aliphatic hydroxyl groups excluding tert-OH is 3. The first-order valence-electron chi connectivity index (χ1n) is 7.48. The molecule has 1 aromatic rings. The Kier molecular flexibility index (Phi) is 3.67. The average molecular weight is 340 g/mol. The van der Waals surface area contributed by atoms with Crippen molar-refractivity contribution in [2.45, 2.75) is 42.9 Å². The van der Waals surface area contributed by atoms with Crippen molar-refractivity contribution < 1.29 is 40.2 Å². The lowest BCUT2D eigenvalue weighted by Gasteiger charge is -2.54. The standard InChI is InChI=1S/C16H20O8/c1-15(22)5-16(23)10(12(19)14(15)21)11(18)9-7(13(16)20)3-6(24-2)4-8(9)17/h3-4,10,12-14,17,19-23H,5H2,1-2H3. The van der Waals surface area contributed by atoms with Crippen LogP contribution in [0.15, 0.2) is 12.1 Å². The van der Waals surface area contributed by atoms with Gasteiger partial charge in [0.05, 0.1) is 30.3 Å². The highest BCUT2D eigenvalue weighted by atomic mass is 16.5. The number of hydrogen-bond acceptors (Lipinski definition) is 8. The van der Waals surface area contributed by atoms with Gasteiger partial charge in [-0.05, 0) is 13.0 Å². The number of ether oxygens (including phenoxy) is 1. The molecule has 0 heterocycles. The SMILES string of the molecule is COc1cc(O)c2c(c1)C(O)C1(O)CC(C)(O)C(O)C(O)C1C2=O. The number of methoxy groups -OCH3 is 1. The molecular formula is C16H20O8. The smallest absolute Gasteiger partial charge is 0.175 e. The van der Waals surface area contributed by atoms with E-state index in [1.165, 1.54) is 26.2 Å². The molecule has 2 aliphatic rings. The van der Waals surface area contributed by atoms with Crippen LogP contribution in [0, 0.1) is 5.92 Å². The molecule has 3 rings (SSSR count). The second kappa shape index (κ2) is 5.14. The maximum atomic E-state index is 12.8. The summed E-state index contributed by atoms with van der Waals surface area (Å²) in [5.74, 6) is -2.70. The van der Waals surface area contributed by atoms with Crippen LogP contribution in [0.4, 0.5) is 0 Å². The number of aromatic hydroxyl groups is 1. The summed E-state index contributed by atoms with van der Waals surface area (Å²) >= 11 is 0. The van der Waals surface area contributed by atoms with Crippen LogP contribution in [0.5, 0.6) is 11.5 Å². The van der Waals surface area contributed by atoms with E-state index in [9.17, 15) is 35.4 Å². The van der Waals surface area contributed by atoms with E-state index in [4.69, 9.17) is 4.74 Å². The van der Waals surface area contributed by atoms with Crippen LogP contribution in [0.25, 0.3) is 0 Å². The number of ketones is 1. The van der Waals surface area contributed by atoms with Crippen LogP contribution in [-0.2, 0) is 0 Å². The van der Waals surface area contributed by atoms with Crippen molar-refractivity contribution in [1.29, 1.82) is 0 Å². The first kappa shape index (κ1) is 17.1. The number of hydrogen-bond donors (Lipinski definition) is 6. The Labute approximate surface area is 137 Å². The number of carbonyl (C=O) groups is 1. The maximum absolute atomic E-state index is 12.8. The number of phenolic OH excluding ortho intramolecular Hbond substituents is 1. The summed E-state index contributed by atoms with van der Waals surface area (Å²) in [5, 5.41) is 62.2. The molecule has 0 aromatic heterocycles. The van der Waals surface area contributed by atoms with Gasteiger partial charge in [-0.25, -0.2) is 0 Å². The van der Waals surface area contributed by atoms with Crippen LogP contribution in [-0.4, -0.2) is 66.9 Å². The summed E-state index contributed by atoms with van der Waals surface area (Å²) in [4.78, 5) is 12.8. The zero-order chi connectivity index (χ0) is 18.0. The monoisotopic (exact) mass is 340 g/mol. The van der Waals surface area contributed by atoms with E-state index in [-0.39, 0.29) is 16.9 Å². The molecule has 1 saturated carbocycles. The third-order valence-corrected chi connectivity index (χ3v) is 5.14. The molecule has 8 heteroatoms. The van der Waals surface area contributed by atoms with Crippen LogP contribution in [0.3, 0.4) is 0 Å². The summed E-state index contributed by atoms with van der Waals surface area (Å²) in [6.45, 7) is 1.20. The van der Waals surface area contributed by atoms with Gasteiger partial charge in [-0.15, -0.1) is 0 Å². The Morgan fingerprint density at radius 3 is 2.42 bits per heavy atom. The van der Waals surface area contributed by atoms with Gasteiger partial charge in [-0.1, -0.05) is 0 Å². The number of aliphatic hydroxyl groups is 5. The maximum Gasteiger partial charge on any atom is 0.175 e. The van der Waals surface area contributed by atoms with Crippen LogP contribution in [0.1, 0.15) is 35.4 Å². The Balaban J connectivity index is 2.23. The summed E-state index contributed by atoms with van der Waals surface area (Å²) < 4.78 is 4.99. The molecular weight excluding hydrogens is 320 g/mol. The molecule has 0 radical (unpaired) electrons. The number of Topliss-reactive ketones (excluding diaryl/α,β-unsaturated/α-hetero) is 1. The zero-order valence-electron chi connectivity index (χ0n) is 13.2. The van der Waals surface area contributed by atoms with Crippen molar-refractivity contribution in [2.75, 3.05) is 7.11 Å². The van der Waals surface area contributed by atoms with Gasteiger partial charge in [0, 0.05) is 18.1 Å². The van der Waals surface area contributed by atoms with Crippen LogP contribution >= 0.6 is 0 Å². The molecule has 0 spiro atoms. The third kappa shape index (κ3) is 2.08. The fraction of sp³-hybridized carbons (Fsp3) is 0.562. The molecule has 6 N–H and O–H groups in total. The van der Waals surface area contributed by atoms with Gasteiger partial charge in [0.2, 0.25) is 0 Å². The minimum atomic E-state index is -2.20. The fourth-order valence-electron chi connectivity index (χ4n) is 3.93. The van der Waals surface area contributed by atoms with Gasteiger partial charge in [-0.3, -0.25) is 4.79 Å². The quantitative estimate of drug-likeness (QED) is 0.376. The molecule has 0 aliphatic heterocycles. The van der Waals surface area contributed by atoms with Gasteiger partial charge in [0.25, 0.3) is 0 Å². The number of carbonyl (C=O) groups excluding carboxylic acids is 1. The molecule has 8 nitrogen and oxygen atoms in total. The highest BCUT2D eigenvalue weighted by molar-refractivity contribution is 6.04. The Morgan fingerprint density at radius 2 is 1.83 bits per heavy atom. The average Bonchev–Trinajstić information content (AvgIpc) is 2.49. The lowest BCUT2D eigenvalue weighted by molar-refractivity contribution is -0.245. The number of rotatable bonds is 1. The summed E-state index contributed by atoms with van der Waals surface area (Å²) in [6.07, 6.45) is -5.71. The van der Waals surface area contributed by atoms with Crippen molar-refractivity contribution in [1.82, 2.24) is 0 Å². The Bertz CT molecular complexity index is 700. The minimum Gasteiger partial charge on any atom is -0.507 e. The largest absolute Gasteiger partial charge is 0.507 e. The molecule has 6 atom stereocenters. The highest BCUT2D eigenvalue weighted by Crippen LogP contribution is 2.53. The lowest BCUT2D eigenvalue weighted by Crippen LogP contribution is -2.69. The molecule has 0 saturated heterocycles. The number of phenols is 1. The van der Waals surface area contributed by atoms with Crippen LogP contribution < -0.4 is 4.74 Å². The van der Waals surface area contributed by atoms with Gasteiger partial charge in [0.15, 0.2) is 5.78 Å². The van der Waals surface area contributed by atoms with Gasteiger partial charge >= 0.3 is 0 Å². The van der Waals surface area contributed by atoms with E-state index in [1.54, 1.807) is 0 Å². The van der Waals surface area contributed by atoms with E-state index < -0.39 is 53.4 Å². The highest BCUT2D eigenvalue weighted by Gasteiger charge is 2.64. The van der Waals surface area contributed by atoms with Crippen molar-refractivity contribution in [3.63, 3.8) is 0 Å². The van der Waals surface area contributed by atoms with Crippen LogP contribution in [0.2, 0.25) is 0 Å². The molecule has 24 heavy (non-hydrogen) atoms. The Morgan fingerprint density at radius 1 is 1.21 bits per heavy atom. The van der Waals surface area contributed by atoms with E-state index in [0.29, 0.717) is 0 Å². The molecule has 132 valence electrons. The fourth-order valence-corrected chi connectivity index (χ4v) is 3.93. The van der Waals surface area contributed by atoms with Gasteiger partial charge in [-0.2, -0.15) is 0 Å². The second-order valence-corrected chi connectivity index (χ2v) is 6.82. The summed E-state index contributed by atoms with van der Waals surface area (Å²) in [7, 11) is 1.33. The van der Waals surface area contributed by atoms with Crippen molar-refractivity contribution in [2.24, 2.45) is 5.92 Å². The predicted molar refractivity (Wildman–Crippen MR) is 79.6 cm³/mol. The molecule has 1 fully saturated rings. The lowest BCUT2D eigenvalue weighted by atomic mass is 9.58. The van der Waals surface area contributed by atoms with E-state index in [0.717, 1.165) is 0 Å². The van der Waals surface area contributed by atoms with Gasteiger partial charge in [0.1, 0.15) is 29.3 Å². The van der Waals surface area contributed by atoms with Crippen molar-refractivity contribution in [3.05, 3.63) is 23.3 Å². The molecule has 0 amide bonds. The Hall–Kier alpha value is -1.71. The van der Waals surface area contributed by atoms with E-state index in [1.807, 2.05) is 0 Å². The summed E-state index contributed by atoms with van der Waals surface area (Å²) in [5.41, 5.74) is -4.42. The van der Waals surface area contributed by atoms with E-state index in [2.05, 4.69) is 0 Å². The molecule has 1 aromatic carbocycles.